The van der Waals surface area contributed by atoms with Gasteiger partial charge in [0.05, 0.1) is 16.9 Å². The van der Waals surface area contributed by atoms with Crippen LogP contribution in [0.4, 0.5) is 17.1 Å². The molecule has 35 heavy (non-hydrogen) atoms. The number of hydrogen-bond donors (Lipinski definition) is 3. The predicted molar refractivity (Wildman–Crippen MR) is 137 cm³/mol. The number of esters is 1. The number of pyridine rings is 1. The number of aromatic nitrogens is 2. The Hall–Kier alpha value is -4.33. The minimum Gasteiger partial charge on any atom is -0.454 e. The third kappa shape index (κ3) is 4.96. The Morgan fingerprint density at radius 3 is 2.69 bits per heavy atom. The van der Waals surface area contributed by atoms with Crippen molar-refractivity contribution in [2.45, 2.75) is 18.9 Å². The van der Waals surface area contributed by atoms with E-state index in [1.54, 1.807) is 42.7 Å². The minimum absolute atomic E-state index is 0.165. The lowest BCUT2D eigenvalue weighted by Crippen LogP contribution is -2.39. The maximum Gasteiger partial charge on any atom is 0.340 e. The van der Waals surface area contributed by atoms with E-state index in [9.17, 15) is 9.59 Å². The molecule has 2 aromatic carbocycles. The van der Waals surface area contributed by atoms with Crippen LogP contribution < -0.4 is 16.0 Å². The first-order chi connectivity index (χ1) is 17.1. The smallest absolute Gasteiger partial charge is 0.340 e. The van der Waals surface area contributed by atoms with Crippen molar-refractivity contribution in [2.24, 2.45) is 0 Å². The van der Waals surface area contributed by atoms with Crippen LogP contribution in [0, 0.1) is 0 Å². The molecule has 4 N–H and O–H groups in total. The number of benzene rings is 2. The summed E-state index contributed by atoms with van der Waals surface area (Å²) in [6.07, 6.45) is 7.20. The summed E-state index contributed by atoms with van der Waals surface area (Å²) in [5.74, 6) is -0.847. The first kappa shape index (κ1) is 22.5. The number of nitrogens with zero attached hydrogens (tertiary/aromatic N) is 2. The number of carbonyl (C=O) groups excluding carboxylic acids is 2. The molecule has 0 aliphatic carbocycles. The highest BCUT2D eigenvalue weighted by molar-refractivity contribution is 6.03. The number of nitrogen functional groups attached to an aromatic ring is 1. The van der Waals surface area contributed by atoms with Crippen molar-refractivity contribution in [3.63, 3.8) is 0 Å². The molecule has 8 nitrogen and oxygen atoms in total. The van der Waals surface area contributed by atoms with Gasteiger partial charge < -0.3 is 25.7 Å². The Balaban J connectivity index is 1.22. The fourth-order valence-electron chi connectivity index (χ4n) is 4.46. The second kappa shape index (κ2) is 9.89. The molecule has 0 unspecified atom stereocenters. The van der Waals surface area contributed by atoms with Gasteiger partial charge in [0.15, 0.2) is 12.4 Å². The third-order valence-corrected chi connectivity index (χ3v) is 6.40. The Morgan fingerprint density at radius 1 is 1.09 bits per heavy atom. The van der Waals surface area contributed by atoms with Crippen molar-refractivity contribution >= 4 is 39.7 Å². The molecule has 1 fully saturated rings. The number of ether oxygens (including phenoxy) is 1. The van der Waals surface area contributed by atoms with Crippen molar-refractivity contribution in [2.75, 3.05) is 35.6 Å². The summed E-state index contributed by atoms with van der Waals surface area (Å²) in [6.45, 7) is 1.42. The third-order valence-electron chi connectivity index (χ3n) is 6.40. The summed E-state index contributed by atoms with van der Waals surface area (Å²) in [5.41, 5.74) is 10.1. The van der Waals surface area contributed by atoms with E-state index in [4.69, 9.17) is 10.5 Å². The molecule has 0 amide bonds. The average molecular weight is 470 g/mol. The summed E-state index contributed by atoms with van der Waals surface area (Å²) in [7, 11) is 0. The summed E-state index contributed by atoms with van der Waals surface area (Å²) in [6, 6.07) is 16.6. The molecule has 5 rings (SSSR count). The summed E-state index contributed by atoms with van der Waals surface area (Å²) < 4.78 is 5.39. The maximum absolute atomic E-state index is 12.9. The summed E-state index contributed by atoms with van der Waals surface area (Å²) in [4.78, 5) is 35.0. The number of aromatic amines is 1. The van der Waals surface area contributed by atoms with Crippen LogP contribution in [0.2, 0.25) is 0 Å². The van der Waals surface area contributed by atoms with E-state index >= 15 is 0 Å². The second-order valence-electron chi connectivity index (χ2n) is 8.66. The van der Waals surface area contributed by atoms with Gasteiger partial charge in [-0.3, -0.25) is 9.78 Å². The molecule has 8 heteroatoms. The number of nitrogens with one attached hydrogen (secondary N) is 2. The van der Waals surface area contributed by atoms with Gasteiger partial charge in [-0.2, -0.15) is 0 Å². The zero-order valence-electron chi connectivity index (χ0n) is 19.2. The molecule has 0 spiro atoms. The normalized spacial score (nSPS) is 14.1. The van der Waals surface area contributed by atoms with E-state index in [0.29, 0.717) is 22.5 Å². The Kier molecular flexibility index (Phi) is 6.34. The molecule has 0 atom stereocenters. The van der Waals surface area contributed by atoms with Gasteiger partial charge in [0.25, 0.3) is 0 Å². The average Bonchev–Trinajstić information content (AvgIpc) is 3.37. The maximum atomic E-state index is 12.9. The van der Waals surface area contributed by atoms with Gasteiger partial charge in [0.1, 0.15) is 0 Å². The largest absolute Gasteiger partial charge is 0.454 e. The van der Waals surface area contributed by atoms with Gasteiger partial charge in [-0.1, -0.05) is 18.2 Å². The van der Waals surface area contributed by atoms with Crippen molar-refractivity contribution in [1.82, 2.24) is 9.97 Å². The molecule has 178 valence electrons. The van der Waals surface area contributed by atoms with E-state index in [1.807, 2.05) is 30.5 Å². The first-order valence-corrected chi connectivity index (χ1v) is 11.7. The quantitative estimate of drug-likeness (QED) is 0.210. The number of rotatable bonds is 7. The fraction of sp³-hybridized carbons (Fsp3) is 0.222. The standard InChI is InChI=1S/C27H27N5O3/c28-23-3-1-2-22(26(23)31-20-9-14-32(15-10-20)21-7-11-29-12-8-21)27(34)35-17-25(33)19-5-4-18-6-13-30-24(18)16-19/h1-8,11-13,16,20,30-31H,9-10,14-15,17,28H2. The molecular weight excluding hydrogens is 442 g/mol. The van der Waals surface area contributed by atoms with Crippen LogP contribution in [0.3, 0.4) is 0 Å². The molecule has 0 bridgehead atoms. The van der Waals surface area contributed by atoms with Gasteiger partial charge in [-0.05, 0) is 54.6 Å². The van der Waals surface area contributed by atoms with E-state index in [1.165, 1.54) is 0 Å². The summed E-state index contributed by atoms with van der Waals surface area (Å²) >= 11 is 0. The topological polar surface area (TPSA) is 113 Å². The van der Waals surface area contributed by atoms with Gasteiger partial charge in [-0.25, -0.2) is 4.79 Å². The number of Topliss-reactive ketones (excluding diaryl/α,β-unsaturated/α-hetero) is 1. The van der Waals surface area contributed by atoms with E-state index in [2.05, 4.69) is 20.2 Å². The van der Waals surface area contributed by atoms with E-state index in [0.717, 1.165) is 42.5 Å². The molecule has 4 aromatic rings. The number of fused-ring (bicyclic) bond motifs is 1. The van der Waals surface area contributed by atoms with Crippen LogP contribution in [-0.4, -0.2) is 47.5 Å². The molecule has 0 radical (unpaired) electrons. The van der Waals surface area contributed by atoms with Crippen LogP contribution in [0.1, 0.15) is 33.6 Å². The van der Waals surface area contributed by atoms with Crippen molar-refractivity contribution < 1.29 is 14.3 Å². The highest BCUT2D eigenvalue weighted by Gasteiger charge is 2.23. The lowest BCUT2D eigenvalue weighted by molar-refractivity contribution is 0.0475. The molecule has 1 saturated heterocycles. The van der Waals surface area contributed by atoms with Crippen LogP contribution in [0.5, 0.6) is 0 Å². The highest BCUT2D eigenvalue weighted by Crippen LogP contribution is 2.28. The number of carbonyl (C=O) groups is 2. The lowest BCUT2D eigenvalue weighted by Gasteiger charge is -2.34. The molecule has 2 aromatic heterocycles. The summed E-state index contributed by atoms with van der Waals surface area (Å²) in [5, 5.41) is 4.47. The van der Waals surface area contributed by atoms with Gasteiger partial charge in [0.2, 0.25) is 0 Å². The van der Waals surface area contributed by atoms with Crippen molar-refractivity contribution in [3.8, 4) is 0 Å². The fourth-order valence-corrected chi connectivity index (χ4v) is 4.46. The van der Waals surface area contributed by atoms with Crippen molar-refractivity contribution in [3.05, 3.63) is 84.3 Å². The SMILES string of the molecule is Nc1cccc(C(=O)OCC(=O)c2ccc3cc[nH]c3c2)c1NC1CCN(c2ccncc2)CC1. The van der Waals surface area contributed by atoms with Crippen LogP contribution in [0.25, 0.3) is 10.9 Å². The minimum atomic E-state index is -0.580. The van der Waals surface area contributed by atoms with Crippen LogP contribution >= 0.6 is 0 Å². The van der Waals surface area contributed by atoms with Crippen molar-refractivity contribution in [1.29, 1.82) is 0 Å². The number of anilines is 3. The van der Waals surface area contributed by atoms with Gasteiger partial charge in [-0.15, -0.1) is 0 Å². The molecule has 0 saturated carbocycles. The second-order valence-corrected chi connectivity index (χ2v) is 8.66. The lowest BCUT2D eigenvalue weighted by atomic mass is 10.0. The molecular formula is C27H27N5O3. The Bertz CT molecular complexity index is 1340. The number of ketones is 1. The van der Waals surface area contributed by atoms with E-state index < -0.39 is 5.97 Å². The zero-order valence-corrected chi connectivity index (χ0v) is 19.2. The number of nitrogens with two attached hydrogens (primary N) is 1. The number of H-pyrrole nitrogens is 1. The molecule has 1 aliphatic heterocycles. The van der Waals surface area contributed by atoms with Gasteiger partial charge in [0, 0.05) is 54.5 Å². The van der Waals surface area contributed by atoms with Gasteiger partial charge >= 0.3 is 5.97 Å². The first-order valence-electron chi connectivity index (χ1n) is 11.7. The Morgan fingerprint density at radius 2 is 1.89 bits per heavy atom. The number of hydrogen-bond acceptors (Lipinski definition) is 7. The highest BCUT2D eigenvalue weighted by atomic mass is 16.5. The predicted octanol–water partition coefficient (Wildman–Crippen LogP) is 4.27. The number of piperidine rings is 1. The molecule has 1 aliphatic rings. The van der Waals surface area contributed by atoms with E-state index in [-0.39, 0.29) is 18.4 Å². The Labute approximate surface area is 203 Å². The molecule has 3 heterocycles. The number of para-hydroxylation sites is 1. The zero-order chi connectivity index (χ0) is 24.2. The monoisotopic (exact) mass is 469 g/mol. The van der Waals surface area contributed by atoms with Crippen LogP contribution in [-0.2, 0) is 4.74 Å². The van der Waals surface area contributed by atoms with Crippen LogP contribution in [0.15, 0.2) is 73.2 Å².